The van der Waals surface area contributed by atoms with Crippen LogP contribution in [0.25, 0.3) is 11.0 Å². The van der Waals surface area contributed by atoms with Crippen LogP contribution in [0.15, 0.2) is 22.7 Å². The quantitative estimate of drug-likeness (QED) is 0.437. The van der Waals surface area contributed by atoms with Crippen molar-refractivity contribution in [1.29, 1.82) is 0 Å². The Morgan fingerprint density at radius 3 is 2.39 bits per heavy atom. The minimum absolute atomic E-state index is 0.0592. The van der Waals surface area contributed by atoms with E-state index in [-0.39, 0.29) is 45.2 Å². The molecule has 3 aromatic rings. The molecule has 9 nitrogen and oxygen atoms in total. The van der Waals surface area contributed by atoms with Crippen LogP contribution in [0.5, 0.6) is 11.5 Å². The molecule has 0 aliphatic carbocycles. The van der Waals surface area contributed by atoms with Gasteiger partial charge < -0.3 is 24.4 Å². The van der Waals surface area contributed by atoms with E-state index in [0.717, 1.165) is 4.90 Å². The Morgan fingerprint density at radius 2 is 1.82 bits per heavy atom. The van der Waals surface area contributed by atoms with Crippen molar-refractivity contribution in [2.45, 2.75) is 26.4 Å². The zero-order chi connectivity index (χ0) is 24.7. The first-order chi connectivity index (χ1) is 15.4. The van der Waals surface area contributed by atoms with Crippen molar-refractivity contribution < 1.29 is 32.6 Å². The monoisotopic (exact) mass is 477 g/mol. The Morgan fingerprint density at radius 1 is 1.18 bits per heavy atom. The molecule has 11 heteroatoms. The van der Waals surface area contributed by atoms with Crippen LogP contribution < -0.4 is 25.4 Å². The van der Waals surface area contributed by atoms with E-state index in [1.165, 1.54) is 39.6 Å². The van der Waals surface area contributed by atoms with Gasteiger partial charge in [-0.05, 0) is 26.8 Å². The number of halogens is 1. The second-order valence-corrected chi connectivity index (χ2v) is 8.71. The molecule has 0 radical (unpaired) electrons. The first kappa shape index (κ1) is 24.3. The number of aromatic nitrogens is 1. The molecule has 0 bridgehead atoms. The predicted molar refractivity (Wildman–Crippen MR) is 125 cm³/mol. The van der Waals surface area contributed by atoms with Crippen LogP contribution >= 0.6 is 9.24 Å². The van der Waals surface area contributed by atoms with Crippen LogP contribution in [-0.4, -0.2) is 43.7 Å². The third kappa shape index (κ3) is 4.57. The smallest absolute Gasteiger partial charge is 0.414 e. The SMILES string of the molecule is COc1cc(OC)c(P)c(C(=O)c2oc3cnc(N)cc3c2N(C)C(=O)OC(C)(C)C)c1F. The fourth-order valence-corrected chi connectivity index (χ4v) is 3.65. The number of amides is 1. The van der Waals surface area contributed by atoms with Crippen molar-refractivity contribution in [3.05, 3.63) is 35.5 Å². The molecule has 1 unspecified atom stereocenters. The molecule has 0 saturated carbocycles. The van der Waals surface area contributed by atoms with E-state index in [1.807, 2.05) is 0 Å². The minimum atomic E-state index is -0.905. The van der Waals surface area contributed by atoms with Crippen molar-refractivity contribution in [3.8, 4) is 11.5 Å². The van der Waals surface area contributed by atoms with Gasteiger partial charge in [-0.3, -0.25) is 9.69 Å². The number of methoxy groups -OCH3 is 2. The molecule has 0 aliphatic heterocycles. The summed E-state index contributed by atoms with van der Waals surface area (Å²) in [5.41, 5.74) is 4.91. The summed E-state index contributed by atoms with van der Waals surface area (Å²) in [5.74, 6) is -1.88. The van der Waals surface area contributed by atoms with Gasteiger partial charge in [-0.15, -0.1) is 9.24 Å². The molecular weight excluding hydrogens is 452 g/mol. The number of ketones is 1. The number of hydrogen-bond acceptors (Lipinski definition) is 8. The number of carbonyl (C=O) groups excluding carboxylic acids is 2. The maximum absolute atomic E-state index is 15.2. The molecule has 3 rings (SSSR count). The van der Waals surface area contributed by atoms with Gasteiger partial charge in [0.15, 0.2) is 22.9 Å². The van der Waals surface area contributed by atoms with Crippen molar-refractivity contribution in [2.75, 3.05) is 31.9 Å². The van der Waals surface area contributed by atoms with E-state index in [4.69, 9.17) is 24.4 Å². The van der Waals surface area contributed by atoms with Crippen LogP contribution in [-0.2, 0) is 4.74 Å². The summed E-state index contributed by atoms with van der Waals surface area (Å²) in [5, 5.41) is 0.490. The summed E-state index contributed by atoms with van der Waals surface area (Å²) in [4.78, 5) is 31.5. The first-order valence-electron chi connectivity index (χ1n) is 9.79. The highest BCUT2D eigenvalue weighted by molar-refractivity contribution is 7.28. The van der Waals surface area contributed by atoms with Crippen LogP contribution in [0.4, 0.5) is 20.7 Å². The molecule has 176 valence electrons. The Hall–Kier alpha value is -3.39. The van der Waals surface area contributed by atoms with Gasteiger partial charge in [0, 0.05) is 18.4 Å². The van der Waals surface area contributed by atoms with Crippen LogP contribution in [0.1, 0.15) is 36.9 Å². The van der Waals surface area contributed by atoms with Crippen molar-refractivity contribution >= 4 is 48.9 Å². The largest absolute Gasteiger partial charge is 0.496 e. The summed E-state index contributed by atoms with van der Waals surface area (Å²) < 4.78 is 36.7. The maximum atomic E-state index is 15.2. The standard InChI is InChI=1S/C22H25FN3O6P/c1-22(2,3)32-21(28)26(4)17-10-7-14(24)25-9-13(10)31-19(17)18(27)15-16(23)11(29-5)8-12(30-6)20(15)33/h7-9H,33H2,1-6H3,(H2,24,25). The van der Waals surface area contributed by atoms with Crippen LogP contribution in [0.3, 0.4) is 0 Å². The van der Waals surface area contributed by atoms with Gasteiger partial charge in [0.25, 0.3) is 0 Å². The summed E-state index contributed by atoms with van der Waals surface area (Å²) in [6.07, 6.45) is 0.572. The number of nitrogens with two attached hydrogens (primary N) is 1. The average molecular weight is 477 g/mol. The third-order valence-electron chi connectivity index (χ3n) is 4.68. The number of hydrogen-bond donors (Lipinski definition) is 1. The summed E-state index contributed by atoms with van der Waals surface area (Å²) in [7, 11) is 6.35. The van der Waals surface area contributed by atoms with E-state index in [2.05, 4.69) is 14.2 Å². The van der Waals surface area contributed by atoms with Crippen molar-refractivity contribution in [3.63, 3.8) is 0 Å². The number of benzene rings is 1. The molecule has 0 aliphatic rings. The Labute approximate surface area is 192 Å². The van der Waals surface area contributed by atoms with Gasteiger partial charge in [0.05, 0.1) is 31.4 Å². The van der Waals surface area contributed by atoms with E-state index in [1.54, 1.807) is 20.8 Å². The number of fused-ring (bicyclic) bond motifs is 1. The topological polar surface area (TPSA) is 117 Å². The Bertz CT molecular complexity index is 1220. The lowest BCUT2D eigenvalue weighted by molar-refractivity contribution is 0.0589. The molecule has 33 heavy (non-hydrogen) atoms. The molecule has 1 aromatic carbocycles. The van der Waals surface area contributed by atoms with Gasteiger partial charge >= 0.3 is 6.09 Å². The fraction of sp³-hybridized carbons (Fsp3) is 0.318. The van der Waals surface area contributed by atoms with E-state index >= 15 is 4.39 Å². The molecule has 2 N–H and O–H groups in total. The molecular formula is C22H25FN3O6P. The zero-order valence-electron chi connectivity index (χ0n) is 19.1. The fourth-order valence-electron chi connectivity index (χ4n) is 3.19. The van der Waals surface area contributed by atoms with Gasteiger partial charge in [-0.2, -0.15) is 0 Å². The number of rotatable bonds is 5. The molecule has 2 aromatic heterocycles. The molecule has 1 amide bonds. The summed E-state index contributed by atoms with van der Waals surface area (Å²) in [6, 6.07) is 2.78. The Balaban J connectivity index is 2.27. The molecule has 0 spiro atoms. The maximum Gasteiger partial charge on any atom is 0.414 e. The molecule has 0 fully saturated rings. The van der Waals surface area contributed by atoms with Gasteiger partial charge in [0.1, 0.15) is 22.9 Å². The van der Waals surface area contributed by atoms with Gasteiger partial charge in [-0.1, -0.05) is 0 Å². The zero-order valence-corrected chi connectivity index (χ0v) is 20.3. The Kier molecular flexibility index (Phi) is 6.51. The number of nitrogens with zero attached hydrogens (tertiary/aromatic N) is 2. The lowest BCUT2D eigenvalue weighted by Gasteiger charge is -2.24. The summed E-state index contributed by atoms with van der Waals surface area (Å²) in [6.45, 7) is 5.12. The number of anilines is 2. The van der Waals surface area contributed by atoms with E-state index in [9.17, 15) is 9.59 Å². The second-order valence-electron chi connectivity index (χ2n) is 8.14. The highest BCUT2D eigenvalue weighted by atomic mass is 31.0. The lowest BCUT2D eigenvalue weighted by atomic mass is 10.0. The highest BCUT2D eigenvalue weighted by Crippen LogP contribution is 2.38. The van der Waals surface area contributed by atoms with Crippen molar-refractivity contribution in [2.24, 2.45) is 0 Å². The number of nitrogen functional groups attached to an aromatic ring is 1. The van der Waals surface area contributed by atoms with Crippen LogP contribution in [0.2, 0.25) is 0 Å². The molecule has 2 heterocycles. The van der Waals surface area contributed by atoms with Crippen LogP contribution in [0, 0.1) is 5.82 Å². The van der Waals surface area contributed by atoms with Crippen molar-refractivity contribution in [1.82, 2.24) is 4.98 Å². The molecule has 1 atom stereocenters. The number of ether oxygens (including phenoxy) is 3. The number of pyridine rings is 1. The number of carbonyl (C=O) groups is 2. The molecule has 0 saturated heterocycles. The normalized spacial score (nSPS) is 11.4. The predicted octanol–water partition coefficient (Wildman–Crippen LogP) is 3.67. The third-order valence-corrected chi connectivity index (χ3v) is 5.25. The lowest BCUT2D eigenvalue weighted by Crippen LogP contribution is -2.34. The average Bonchev–Trinajstić information content (AvgIpc) is 3.10. The first-order valence-corrected chi connectivity index (χ1v) is 10.4. The van der Waals surface area contributed by atoms with E-state index in [0.29, 0.717) is 5.39 Å². The second kappa shape index (κ2) is 8.86. The number of furan rings is 1. The summed E-state index contributed by atoms with van der Waals surface area (Å²) >= 11 is 0. The minimum Gasteiger partial charge on any atom is -0.496 e. The van der Waals surface area contributed by atoms with Gasteiger partial charge in [0.2, 0.25) is 5.78 Å². The highest BCUT2D eigenvalue weighted by Gasteiger charge is 2.33. The van der Waals surface area contributed by atoms with E-state index < -0.39 is 23.3 Å². The van der Waals surface area contributed by atoms with Gasteiger partial charge in [-0.25, -0.2) is 14.2 Å².